The Labute approximate surface area is 163 Å². The predicted molar refractivity (Wildman–Crippen MR) is 108 cm³/mol. The minimum atomic E-state index is -0.0558. The minimum absolute atomic E-state index is 0.0558. The molecule has 146 valence electrons. The summed E-state index contributed by atoms with van der Waals surface area (Å²) in [6, 6.07) is 9.35. The monoisotopic (exact) mass is 379 g/mol. The van der Waals surface area contributed by atoms with E-state index in [4.69, 9.17) is 5.11 Å². The maximum atomic E-state index is 12.6. The molecule has 0 saturated carbocycles. The van der Waals surface area contributed by atoms with Gasteiger partial charge in [0.05, 0.1) is 17.6 Å². The summed E-state index contributed by atoms with van der Waals surface area (Å²) in [6.45, 7) is 3.61. The average molecular weight is 379 g/mol. The number of aromatic nitrogens is 3. The van der Waals surface area contributed by atoms with Gasteiger partial charge < -0.3 is 20.3 Å². The first kappa shape index (κ1) is 18.6. The average Bonchev–Trinajstić information content (AvgIpc) is 3.17. The number of aliphatic hydroxyl groups excluding tert-OH is 1. The summed E-state index contributed by atoms with van der Waals surface area (Å²) >= 11 is 0. The van der Waals surface area contributed by atoms with Crippen LogP contribution in [0.15, 0.2) is 42.7 Å². The molecule has 1 aliphatic rings. The van der Waals surface area contributed by atoms with Crippen LogP contribution in [-0.4, -0.2) is 63.7 Å². The highest BCUT2D eigenvalue weighted by molar-refractivity contribution is 5.97. The zero-order valence-corrected chi connectivity index (χ0v) is 15.8. The molecule has 1 amide bonds. The molecule has 0 unspecified atom stereocenters. The van der Waals surface area contributed by atoms with E-state index in [-0.39, 0.29) is 12.5 Å². The molecule has 4 rings (SSSR count). The van der Waals surface area contributed by atoms with Crippen LogP contribution in [0.1, 0.15) is 23.2 Å². The lowest BCUT2D eigenvalue weighted by atomic mass is 9.96. The number of likely N-dealkylation sites (tertiary alicyclic amines) is 1. The quantitative estimate of drug-likeness (QED) is 0.609. The molecule has 1 aromatic carbocycles. The van der Waals surface area contributed by atoms with Crippen molar-refractivity contribution in [3.63, 3.8) is 0 Å². The number of nitrogens with one attached hydrogen (secondary N) is 2. The van der Waals surface area contributed by atoms with Crippen LogP contribution in [0.5, 0.6) is 0 Å². The molecule has 0 atom stereocenters. The van der Waals surface area contributed by atoms with E-state index in [1.807, 2.05) is 30.3 Å². The Morgan fingerprint density at radius 3 is 2.75 bits per heavy atom. The highest BCUT2D eigenvalue weighted by Crippen LogP contribution is 2.21. The van der Waals surface area contributed by atoms with Crippen molar-refractivity contribution < 1.29 is 9.90 Å². The molecule has 3 aromatic rings. The number of β-amino-alcohol motifs (C(OH)–C–C–N with tert-alkyl or cyclic N) is 1. The Morgan fingerprint density at radius 2 is 2.00 bits per heavy atom. The molecule has 0 bridgehead atoms. The first-order valence-electron chi connectivity index (χ1n) is 9.74. The van der Waals surface area contributed by atoms with Crippen LogP contribution in [0.3, 0.4) is 0 Å². The summed E-state index contributed by atoms with van der Waals surface area (Å²) in [7, 11) is 0. The molecule has 1 fully saturated rings. The largest absolute Gasteiger partial charge is 0.395 e. The van der Waals surface area contributed by atoms with Gasteiger partial charge in [-0.3, -0.25) is 9.78 Å². The molecule has 7 nitrogen and oxygen atoms in total. The number of fused-ring (bicyclic) bond motifs is 1. The fourth-order valence-electron chi connectivity index (χ4n) is 3.69. The van der Waals surface area contributed by atoms with Gasteiger partial charge in [-0.05, 0) is 62.2 Å². The second kappa shape index (κ2) is 8.50. The maximum absolute atomic E-state index is 12.6. The summed E-state index contributed by atoms with van der Waals surface area (Å²) in [4.78, 5) is 26.7. The van der Waals surface area contributed by atoms with E-state index in [0.717, 1.165) is 54.9 Å². The molecule has 3 N–H and O–H groups in total. The van der Waals surface area contributed by atoms with Gasteiger partial charge in [0, 0.05) is 36.6 Å². The minimum Gasteiger partial charge on any atom is -0.395 e. The Kier molecular flexibility index (Phi) is 5.64. The molecule has 1 saturated heterocycles. The summed E-state index contributed by atoms with van der Waals surface area (Å²) in [5.41, 5.74) is 3.27. The van der Waals surface area contributed by atoms with Crippen LogP contribution >= 0.6 is 0 Å². The second-order valence-electron chi connectivity index (χ2n) is 7.27. The SMILES string of the molecule is O=C(NCC1CCN(CCO)CC1)c1ccc2nc(-c3ccncc3)[nH]c2c1. The van der Waals surface area contributed by atoms with Gasteiger partial charge in [-0.15, -0.1) is 0 Å². The maximum Gasteiger partial charge on any atom is 0.251 e. The van der Waals surface area contributed by atoms with E-state index in [9.17, 15) is 4.79 Å². The number of nitrogens with zero attached hydrogens (tertiary/aromatic N) is 3. The third-order valence-corrected chi connectivity index (χ3v) is 5.37. The lowest BCUT2D eigenvalue weighted by Crippen LogP contribution is -2.39. The number of aliphatic hydroxyl groups is 1. The number of rotatable bonds is 6. The van der Waals surface area contributed by atoms with Crippen molar-refractivity contribution in [1.29, 1.82) is 0 Å². The van der Waals surface area contributed by atoms with E-state index in [0.29, 0.717) is 18.0 Å². The molecular formula is C21H25N5O2. The molecule has 1 aliphatic heterocycles. The smallest absolute Gasteiger partial charge is 0.251 e. The van der Waals surface area contributed by atoms with Crippen LogP contribution in [0, 0.1) is 5.92 Å². The summed E-state index contributed by atoms with van der Waals surface area (Å²) < 4.78 is 0. The van der Waals surface area contributed by atoms with Gasteiger partial charge in [0.25, 0.3) is 5.91 Å². The van der Waals surface area contributed by atoms with E-state index in [1.165, 1.54) is 0 Å². The Morgan fingerprint density at radius 1 is 1.21 bits per heavy atom. The number of carbonyl (C=O) groups excluding carboxylic acids is 1. The topological polar surface area (TPSA) is 94.1 Å². The number of piperidine rings is 1. The van der Waals surface area contributed by atoms with Gasteiger partial charge in [-0.2, -0.15) is 0 Å². The molecule has 0 spiro atoms. The van der Waals surface area contributed by atoms with E-state index in [1.54, 1.807) is 12.4 Å². The van der Waals surface area contributed by atoms with Crippen LogP contribution in [0.2, 0.25) is 0 Å². The fraction of sp³-hybridized carbons (Fsp3) is 0.381. The van der Waals surface area contributed by atoms with Gasteiger partial charge in [0.15, 0.2) is 0 Å². The van der Waals surface area contributed by atoms with Gasteiger partial charge >= 0.3 is 0 Å². The van der Waals surface area contributed by atoms with Crippen molar-refractivity contribution in [3.8, 4) is 11.4 Å². The number of pyridine rings is 1. The number of carbonyl (C=O) groups is 1. The molecule has 0 aliphatic carbocycles. The first-order chi connectivity index (χ1) is 13.7. The van der Waals surface area contributed by atoms with Crippen LogP contribution in [-0.2, 0) is 0 Å². The van der Waals surface area contributed by atoms with Crippen molar-refractivity contribution in [1.82, 2.24) is 25.2 Å². The number of aromatic amines is 1. The highest BCUT2D eigenvalue weighted by Gasteiger charge is 2.19. The number of imidazole rings is 1. The first-order valence-corrected chi connectivity index (χ1v) is 9.74. The van der Waals surface area contributed by atoms with E-state index >= 15 is 0 Å². The summed E-state index contributed by atoms with van der Waals surface area (Å²) in [5.74, 6) is 1.21. The van der Waals surface area contributed by atoms with Crippen molar-refractivity contribution in [2.24, 2.45) is 5.92 Å². The predicted octanol–water partition coefficient (Wildman–Crippen LogP) is 2.06. The zero-order chi connectivity index (χ0) is 19.3. The molecule has 2 aromatic heterocycles. The van der Waals surface area contributed by atoms with Crippen molar-refractivity contribution in [2.75, 3.05) is 32.8 Å². The summed E-state index contributed by atoms with van der Waals surface area (Å²) in [6.07, 6.45) is 5.57. The summed E-state index contributed by atoms with van der Waals surface area (Å²) in [5, 5.41) is 12.1. The fourth-order valence-corrected chi connectivity index (χ4v) is 3.69. The van der Waals surface area contributed by atoms with Gasteiger partial charge in [-0.25, -0.2) is 4.98 Å². The zero-order valence-electron chi connectivity index (χ0n) is 15.8. The van der Waals surface area contributed by atoms with Gasteiger partial charge in [0.1, 0.15) is 5.82 Å². The van der Waals surface area contributed by atoms with E-state index in [2.05, 4.69) is 25.2 Å². The van der Waals surface area contributed by atoms with Crippen LogP contribution in [0.4, 0.5) is 0 Å². The molecule has 7 heteroatoms. The van der Waals surface area contributed by atoms with Crippen molar-refractivity contribution >= 4 is 16.9 Å². The Balaban J connectivity index is 1.38. The molecule has 3 heterocycles. The second-order valence-corrected chi connectivity index (χ2v) is 7.27. The standard InChI is InChI=1S/C21H25N5O2/c27-12-11-26-9-5-15(6-10-26)14-23-21(28)17-1-2-18-19(13-17)25-20(24-18)16-3-7-22-8-4-16/h1-4,7-8,13,15,27H,5-6,9-12,14H2,(H,23,28)(H,24,25). The normalized spacial score (nSPS) is 15.8. The molecule has 0 radical (unpaired) electrons. The van der Waals surface area contributed by atoms with Gasteiger partial charge in [-0.1, -0.05) is 0 Å². The van der Waals surface area contributed by atoms with Crippen molar-refractivity contribution in [3.05, 3.63) is 48.3 Å². The number of hydrogen-bond acceptors (Lipinski definition) is 5. The Hall–Kier alpha value is -2.77. The number of H-pyrrole nitrogens is 1. The van der Waals surface area contributed by atoms with E-state index < -0.39 is 0 Å². The number of amides is 1. The number of benzene rings is 1. The third-order valence-electron chi connectivity index (χ3n) is 5.37. The van der Waals surface area contributed by atoms with Crippen molar-refractivity contribution in [2.45, 2.75) is 12.8 Å². The molecule has 28 heavy (non-hydrogen) atoms. The Bertz CT molecular complexity index is 932. The van der Waals surface area contributed by atoms with Crippen LogP contribution in [0.25, 0.3) is 22.4 Å². The molecular weight excluding hydrogens is 354 g/mol. The third kappa shape index (κ3) is 4.21. The number of hydrogen-bond donors (Lipinski definition) is 3. The van der Waals surface area contributed by atoms with Crippen LogP contribution < -0.4 is 5.32 Å². The van der Waals surface area contributed by atoms with Gasteiger partial charge in [0.2, 0.25) is 0 Å². The lowest BCUT2D eigenvalue weighted by Gasteiger charge is -2.31. The highest BCUT2D eigenvalue weighted by atomic mass is 16.3. The lowest BCUT2D eigenvalue weighted by molar-refractivity contribution is 0.0933.